The lowest BCUT2D eigenvalue weighted by Gasteiger charge is -2.27. The summed E-state index contributed by atoms with van der Waals surface area (Å²) >= 11 is 1.69. The first-order chi connectivity index (χ1) is 15.0. The maximum atomic E-state index is 13.1. The zero-order valence-electron chi connectivity index (χ0n) is 19.5. The number of nitrogens with one attached hydrogen (secondary N) is 1. The molecule has 9 heteroatoms. The molecule has 8 nitrogen and oxygen atoms in total. The number of rotatable bonds is 9. The van der Waals surface area contributed by atoms with Crippen LogP contribution in [0.1, 0.15) is 58.4 Å². The molecule has 1 N–H and O–H groups in total. The number of nitro groups is 1. The minimum Gasteiger partial charge on any atom is -0.444 e. The Hall–Kier alpha value is -2.29. The number of carbonyl (C=O) groups is 2. The molecule has 1 aromatic carbocycles. The number of hydrogen-bond donors (Lipinski definition) is 1. The Bertz CT molecular complexity index is 773. The number of nitro benzene ring substituents is 1. The van der Waals surface area contributed by atoms with Crippen LogP contribution < -0.4 is 5.32 Å². The van der Waals surface area contributed by atoms with Gasteiger partial charge >= 0.3 is 6.09 Å². The number of ether oxygens (including phenoxy) is 1. The number of nitrogens with zero attached hydrogens (tertiary/aromatic N) is 2. The van der Waals surface area contributed by atoms with Gasteiger partial charge in [0.1, 0.15) is 11.6 Å². The monoisotopic (exact) mass is 465 g/mol. The fraction of sp³-hybridized carbons (Fsp3) is 0.652. The second-order valence-electron chi connectivity index (χ2n) is 9.36. The second kappa shape index (κ2) is 12.1. The van der Waals surface area contributed by atoms with E-state index in [-0.39, 0.29) is 18.1 Å². The van der Waals surface area contributed by atoms with Gasteiger partial charge in [-0.05, 0) is 50.8 Å². The minimum absolute atomic E-state index is 0.00584. The number of thioether (sulfide) groups is 1. The molecule has 0 spiro atoms. The Morgan fingerprint density at radius 3 is 2.41 bits per heavy atom. The van der Waals surface area contributed by atoms with Gasteiger partial charge in [-0.2, -0.15) is 11.8 Å². The van der Waals surface area contributed by atoms with Crippen molar-refractivity contribution < 1.29 is 19.2 Å². The molecule has 0 radical (unpaired) electrons. The fourth-order valence-electron chi connectivity index (χ4n) is 3.67. The van der Waals surface area contributed by atoms with Gasteiger partial charge in [-0.25, -0.2) is 4.79 Å². The predicted molar refractivity (Wildman–Crippen MR) is 127 cm³/mol. The summed E-state index contributed by atoms with van der Waals surface area (Å²) in [6.07, 6.45) is 5.67. The SMILES string of the molecule is CN(Cc1ccc([N+](=O)[O-])cc1)C(=O)[C@H](CSCC1CCCCC1)NC(=O)OC(C)(C)C. The van der Waals surface area contributed by atoms with Gasteiger partial charge in [0.15, 0.2) is 0 Å². The van der Waals surface area contributed by atoms with Crippen LogP contribution in [0.4, 0.5) is 10.5 Å². The molecule has 1 saturated carbocycles. The van der Waals surface area contributed by atoms with Crippen LogP contribution in [-0.2, 0) is 16.1 Å². The molecule has 0 aliphatic heterocycles. The average Bonchev–Trinajstić information content (AvgIpc) is 2.72. The van der Waals surface area contributed by atoms with E-state index < -0.39 is 22.7 Å². The highest BCUT2D eigenvalue weighted by molar-refractivity contribution is 7.99. The van der Waals surface area contributed by atoms with E-state index in [1.165, 1.54) is 49.1 Å². The summed E-state index contributed by atoms with van der Waals surface area (Å²) in [5.74, 6) is 1.90. The number of carbonyl (C=O) groups excluding carboxylic acids is 2. The third-order valence-corrected chi connectivity index (χ3v) is 6.57. The van der Waals surface area contributed by atoms with E-state index >= 15 is 0 Å². The number of amides is 2. The van der Waals surface area contributed by atoms with Gasteiger partial charge in [-0.15, -0.1) is 0 Å². The van der Waals surface area contributed by atoms with E-state index in [4.69, 9.17) is 4.74 Å². The quantitative estimate of drug-likeness (QED) is 0.417. The molecule has 0 bridgehead atoms. The fourth-order valence-corrected chi connectivity index (χ4v) is 4.94. The molecule has 1 aliphatic rings. The number of likely N-dealkylation sites (N-methyl/N-ethyl adjacent to an activating group) is 1. The Balaban J connectivity index is 1.99. The van der Waals surface area contributed by atoms with Crippen molar-refractivity contribution in [1.82, 2.24) is 10.2 Å². The Labute approximate surface area is 194 Å². The molecular formula is C23H35N3O5S. The molecule has 1 atom stereocenters. The summed E-state index contributed by atoms with van der Waals surface area (Å²) in [5, 5.41) is 13.6. The first kappa shape index (κ1) is 26.0. The topological polar surface area (TPSA) is 102 Å². The maximum Gasteiger partial charge on any atom is 0.408 e. The Morgan fingerprint density at radius 2 is 1.84 bits per heavy atom. The normalized spacial score (nSPS) is 15.6. The highest BCUT2D eigenvalue weighted by Crippen LogP contribution is 2.27. The summed E-state index contributed by atoms with van der Waals surface area (Å²) in [7, 11) is 1.67. The van der Waals surface area contributed by atoms with Crippen molar-refractivity contribution in [3.63, 3.8) is 0 Å². The van der Waals surface area contributed by atoms with Crippen LogP contribution in [0, 0.1) is 16.0 Å². The predicted octanol–water partition coefficient (Wildman–Crippen LogP) is 4.76. The highest BCUT2D eigenvalue weighted by Gasteiger charge is 2.27. The van der Waals surface area contributed by atoms with Crippen LogP contribution in [0.3, 0.4) is 0 Å². The molecule has 0 saturated heterocycles. The largest absolute Gasteiger partial charge is 0.444 e. The number of hydrogen-bond acceptors (Lipinski definition) is 6. The van der Waals surface area contributed by atoms with Crippen LogP contribution >= 0.6 is 11.8 Å². The molecule has 1 fully saturated rings. The molecule has 1 aliphatic carbocycles. The molecule has 2 amide bonds. The van der Waals surface area contributed by atoms with E-state index in [0.29, 0.717) is 11.7 Å². The first-order valence-corrected chi connectivity index (χ1v) is 12.3. The maximum absolute atomic E-state index is 13.1. The lowest BCUT2D eigenvalue weighted by atomic mass is 9.91. The third kappa shape index (κ3) is 9.06. The van der Waals surface area contributed by atoms with Crippen molar-refractivity contribution in [2.45, 2.75) is 71.1 Å². The molecule has 0 aromatic heterocycles. The van der Waals surface area contributed by atoms with E-state index in [1.807, 2.05) is 0 Å². The van der Waals surface area contributed by atoms with Gasteiger partial charge in [-0.3, -0.25) is 14.9 Å². The first-order valence-electron chi connectivity index (χ1n) is 11.1. The number of benzene rings is 1. The van der Waals surface area contributed by atoms with Gasteiger partial charge in [0.2, 0.25) is 5.91 Å². The molecule has 178 valence electrons. The second-order valence-corrected chi connectivity index (χ2v) is 10.4. The van der Waals surface area contributed by atoms with Crippen molar-refractivity contribution in [2.75, 3.05) is 18.6 Å². The van der Waals surface area contributed by atoms with E-state index in [9.17, 15) is 19.7 Å². The summed E-state index contributed by atoms with van der Waals surface area (Å²) < 4.78 is 5.35. The molecule has 0 unspecified atom stereocenters. The van der Waals surface area contributed by atoms with Gasteiger partial charge in [0.05, 0.1) is 4.92 Å². The standard InChI is InChI=1S/C23H35N3O5S/c1-23(2,3)31-22(28)24-20(16-32-15-18-8-6-5-7-9-18)21(27)25(4)14-17-10-12-19(13-11-17)26(29)30/h10-13,18,20H,5-9,14-16H2,1-4H3,(H,24,28)/t20-/m0/s1. The van der Waals surface area contributed by atoms with Gasteiger partial charge in [0.25, 0.3) is 5.69 Å². The highest BCUT2D eigenvalue weighted by atomic mass is 32.2. The van der Waals surface area contributed by atoms with Crippen LogP contribution in [0.5, 0.6) is 0 Å². The zero-order valence-corrected chi connectivity index (χ0v) is 20.3. The molecular weight excluding hydrogens is 430 g/mol. The Morgan fingerprint density at radius 1 is 1.22 bits per heavy atom. The lowest BCUT2D eigenvalue weighted by Crippen LogP contribution is -2.50. The van der Waals surface area contributed by atoms with Crippen molar-refractivity contribution in [1.29, 1.82) is 0 Å². The summed E-state index contributed by atoms with van der Waals surface area (Å²) in [5.41, 5.74) is 0.126. The lowest BCUT2D eigenvalue weighted by molar-refractivity contribution is -0.384. The molecule has 0 heterocycles. The number of alkyl carbamates (subject to hydrolysis) is 1. The van der Waals surface area contributed by atoms with Crippen LogP contribution in [0.25, 0.3) is 0 Å². The van der Waals surface area contributed by atoms with Gasteiger partial charge < -0.3 is 15.0 Å². The van der Waals surface area contributed by atoms with E-state index in [1.54, 1.807) is 51.7 Å². The van der Waals surface area contributed by atoms with Gasteiger partial charge in [0, 0.05) is 31.5 Å². The van der Waals surface area contributed by atoms with Crippen molar-refractivity contribution in [2.24, 2.45) is 5.92 Å². The zero-order chi connectivity index (χ0) is 23.7. The van der Waals surface area contributed by atoms with Crippen LogP contribution in [0.15, 0.2) is 24.3 Å². The van der Waals surface area contributed by atoms with E-state index in [0.717, 1.165) is 11.3 Å². The minimum atomic E-state index is -0.707. The third-order valence-electron chi connectivity index (χ3n) is 5.30. The Kier molecular flexibility index (Phi) is 9.81. The smallest absolute Gasteiger partial charge is 0.408 e. The number of non-ortho nitro benzene ring substituents is 1. The summed E-state index contributed by atoms with van der Waals surface area (Å²) in [4.78, 5) is 37.4. The summed E-state index contributed by atoms with van der Waals surface area (Å²) in [6, 6.07) is 5.40. The molecule has 1 aromatic rings. The molecule has 2 rings (SSSR count). The molecule has 32 heavy (non-hydrogen) atoms. The van der Waals surface area contributed by atoms with Crippen molar-refractivity contribution in [3.8, 4) is 0 Å². The van der Waals surface area contributed by atoms with E-state index in [2.05, 4.69) is 5.32 Å². The van der Waals surface area contributed by atoms with Crippen molar-refractivity contribution >= 4 is 29.4 Å². The van der Waals surface area contributed by atoms with Crippen LogP contribution in [-0.4, -0.2) is 52.0 Å². The summed E-state index contributed by atoms with van der Waals surface area (Å²) in [6.45, 7) is 5.63. The van der Waals surface area contributed by atoms with Crippen LogP contribution in [0.2, 0.25) is 0 Å². The van der Waals surface area contributed by atoms with Gasteiger partial charge in [-0.1, -0.05) is 31.4 Å². The average molecular weight is 466 g/mol. The van der Waals surface area contributed by atoms with Crippen molar-refractivity contribution in [3.05, 3.63) is 39.9 Å².